The maximum Gasteiger partial charge on any atom is 0.136 e. The number of carbonyl (C=O) groups is 1. The summed E-state index contributed by atoms with van der Waals surface area (Å²) in [6.45, 7) is 0. The minimum atomic E-state index is -1.32. The monoisotopic (exact) mass is 228 g/mol. The molecular formula is C13H10NO3-. The van der Waals surface area contributed by atoms with Crippen LogP contribution in [-0.4, -0.2) is 5.97 Å². The fraction of sp³-hybridized carbons (Fsp3) is 0. The molecule has 4 nitrogen and oxygen atoms in total. The lowest BCUT2D eigenvalue weighted by Crippen LogP contribution is -2.23. The van der Waals surface area contributed by atoms with Gasteiger partial charge in [0.1, 0.15) is 11.5 Å². The van der Waals surface area contributed by atoms with E-state index in [4.69, 9.17) is 10.5 Å². The van der Waals surface area contributed by atoms with Crippen LogP contribution >= 0.6 is 0 Å². The van der Waals surface area contributed by atoms with Crippen molar-refractivity contribution in [3.63, 3.8) is 0 Å². The van der Waals surface area contributed by atoms with E-state index in [0.29, 0.717) is 11.4 Å². The van der Waals surface area contributed by atoms with E-state index in [-0.39, 0.29) is 11.3 Å². The lowest BCUT2D eigenvalue weighted by Gasteiger charge is -2.12. The number of hydrogen-bond acceptors (Lipinski definition) is 4. The van der Waals surface area contributed by atoms with Crippen molar-refractivity contribution in [1.82, 2.24) is 0 Å². The van der Waals surface area contributed by atoms with Gasteiger partial charge in [-0.2, -0.15) is 0 Å². The van der Waals surface area contributed by atoms with Crippen LogP contribution in [-0.2, 0) is 0 Å². The highest BCUT2D eigenvalue weighted by molar-refractivity contribution is 5.90. The summed E-state index contributed by atoms with van der Waals surface area (Å²) in [4.78, 5) is 10.9. The molecule has 0 aromatic heterocycles. The first-order chi connectivity index (χ1) is 8.16. The molecule has 0 heterocycles. The van der Waals surface area contributed by atoms with Gasteiger partial charge in [-0.25, -0.2) is 0 Å². The van der Waals surface area contributed by atoms with Gasteiger partial charge in [0.15, 0.2) is 0 Å². The molecule has 17 heavy (non-hydrogen) atoms. The van der Waals surface area contributed by atoms with Gasteiger partial charge in [-0.3, -0.25) is 0 Å². The van der Waals surface area contributed by atoms with Crippen LogP contribution in [0.15, 0.2) is 48.5 Å². The predicted molar refractivity (Wildman–Crippen MR) is 61.7 cm³/mol. The molecule has 0 atom stereocenters. The van der Waals surface area contributed by atoms with Crippen molar-refractivity contribution in [2.75, 3.05) is 5.73 Å². The van der Waals surface area contributed by atoms with Gasteiger partial charge < -0.3 is 20.4 Å². The number of carbonyl (C=O) groups excluding carboxylic acids is 1. The van der Waals surface area contributed by atoms with Gasteiger partial charge in [-0.1, -0.05) is 18.2 Å². The van der Waals surface area contributed by atoms with E-state index in [1.807, 2.05) is 6.07 Å². The van der Waals surface area contributed by atoms with Crippen LogP contribution in [0.25, 0.3) is 0 Å². The van der Waals surface area contributed by atoms with Crippen LogP contribution in [0, 0.1) is 0 Å². The van der Waals surface area contributed by atoms with Crippen LogP contribution in [0.3, 0.4) is 0 Å². The number of hydrogen-bond donors (Lipinski definition) is 1. The Hall–Kier alpha value is -2.49. The van der Waals surface area contributed by atoms with Crippen LogP contribution < -0.4 is 15.6 Å². The van der Waals surface area contributed by atoms with Crippen molar-refractivity contribution in [1.29, 1.82) is 0 Å². The smallest absolute Gasteiger partial charge is 0.136 e. The predicted octanol–water partition coefficient (Wildman–Crippen LogP) is 1.42. The second kappa shape index (κ2) is 4.57. The number of carboxylic acids is 1. The van der Waals surface area contributed by atoms with Crippen LogP contribution in [0.5, 0.6) is 11.5 Å². The quantitative estimate of drug-likeness (QED) is 0.806. The highest BCUT2D eigenvalue weighted by Crippen LogP contribution is 2.26. The molecule has 86 valence electrons. The third kappa shape index (κ3) is 2.55. The highest BCUT2D eigenvalue weighted by atomic mass is 16.5. The van der Waals surface area contributed by atoms with E-state index in [1.54, 1.807) is 30.3 Å². The molecule has 0 aliphatic carbocycles. The Morgan fingerprint density at radius 1 is 1.12 bits per heavy atom. The number of aromatic carboxylic acids is 1. The lowest BCUT2D eigenvalue weighted by atomic mass is 10.2. The molecule has 0 unspecified atom stereocenters. The summed E-state index contributed by atoms with van der Waals surface area (Å²) < 4.78 is 5.45. The van der Waals surface area contributed by atoms with Crippen LogP contribution in [0.1, 0.15) is 10.4 Å². The fourth-order valence-corrected chi connectivity index (χ4v) is 1.41. The Bertz CT molecular complexity index is 538. The molecular weight excluding hydrogens is 218 g/mol. The molecule has 0 saturated carbocycles. The molecule has 2 N–H and O–H groups in total. The molecule has 2 aromatic rings. The van der Waals surface area contributed by atoms with Crippen LogP contribution in [0.4, 0.5) is 5.69 Å². The van der Waals surface area contributed by atoms with Crippen molar-refractivity contribution in [3.05, 3.63) is 54.1 Å². The van der Waals surface area contributed by atoms with E-state index in [2.05, 4.69) is 0 Å². The van der Waals surface area contributed by atoms with Gasteiger partial charge in [0.05, 0.1) is 5.97 Å². The number of ether oxygens (including phenoxy) is 1. The Balaban J connectivity index is 2.36. The largest absolute Gasteiger partial charge is 0.545 e. The second-order valence-corrected chi connectivity index (χ2v) is 3.46. The molecule has 0 aliphatic rings. The SMILES string of the molecule is Nc1ccc(Oc2ccccc2)c(C(=O)[O-])c1. The number of anilines is 1. The Morgan fingerprint density at radius 3 is 2.47 bits per heavy atom. The first-order valence-corrected chi connectivity index (χ1v) is 5.00. The maximum atomic E-state index is 10.9. The molecule has 0 radical (unpaired) electrons. The summed E-state index contributed by atoms with van der Waals surface area (Å²) >= 11 is 0. The molecule has 0 saturated heterocycles. The number of benzene rings is 2. The molecule has 0 bridgehead atoms. The molecule has 0 aliphatic heterocycles. The van der Waals surface area contributed by atoms with Crippen molar-refractivity contribution in [2.24, 2.45) is 0 Å². The first-order valence-electron chi connectivity index (χ1n) is 5.00. The third-order valence-corrected chi connectivity index (χ3v) is 2.19. The van der Waals surface area contributed by atoms with E-state index < -0.39 is 5.97 Å². The second-order valence-electron chi connectivity index (χ2n) is 3.46. The standard InChI is InChI=1S/C13H11NO3/c14-9-6-7-12(11(8-9)13(15)16)17-10-4-2-1-3-5-10/h1-8H,14H2,(H,15,16)/p-1. The zero-order valence-electron chi connectivity index (χ0n) is 8.92. The van der Waals surface area contributed by atoms with Gasteiger partial charge in [-0.15, -0.1) is 0 Å². The van der Waals surface area contributed by atoms with E-state index in [1.165, 1.54) is 12.1 Å². The lowest BCUT2D eigenvalue weighted by molar-refractivity contribution is -0.255. The molecule has 2 aromatic carbocycles. The number of nitrogens with two attached hydrogens (primary N) is 1. The average molecular weight is 228 g/mol. The van der Waals surface area contributed by atoms with Gasteiger partial charge >= 0.3 is 0 Å². The number of rotatable bonds is 3. The Morgan fingerprint density at radius 2 is 1.82 bits per heavy atom. The first kappa shape index (κ1) is 11.0. The van der Waals surface area contributed by atoms with Crippen LogP contribution in [0.2, 0.25) is 0 Å². The van der Waals surface area contributed by atoms with Gasteiger partial charge in [-0.05, 0) is 30.3 Å². The maximum absolute atomic E-state index is 10.9. The normalized spacial score (nSPS) is 9.88. The minimum absolute atomic E-state index is 0.0612. The number of carboxylic acid groups (broad SMARTS) is 1. The van der Waals surface area contributed by atoms with Crippen molar-refractivity contribution < 1.29 is 14.6 Å². The Labute approximate surface area is 98.3 Å². The topological polar surface area (TPSA) is 75.4 Å². The van der Waals surface area contributed by atoms with E-state index in [0.717, 1.165) is 0 Å². The number of nitrogen functional groups attached to an aromatic ring is 1. The zero-order chi connectivity index (χ0) is 12.3. The summed E-state index contributed by atoms with van der Waals surface area (Å²) in [5.74, 6) is -0.548. The summed E-state index contributed by atoms with van der Waals surface area (Å²) in [6, 6.07) is 13.3. The summed E-state index contributed by atoms with van der Waals surface area (Å²) in [7, 11) is 0. The van der Waals surface area contributed by atoms with Crippen molar-refractivity contribution >= 4 is 11.7 Å². The fourth-order valence-electron chi connectivity index (χ4n) is 1.41. The van der Waals surface area contributed by atoms with E-state index >= 15 is 0 Å². The number of para-hydroxylation sites is 1. The molecule has 2 rings (SSSR count). The highest BCUT2D eigenvalue weighted by Gasteiger charge is 2.06. The zero-order valence-corrected chi connectivity index (χ0v) is 8.92. The summed E-state index contributed by atoms with van der Waals surface area (Å²) in [5.41, 5.74) is 5.80. The summed E-state index contributed by atoms with van der Waals surface area (Å²) in [6.07, 6.45) is 0. The van der Waals surface area contributed by atoms with Gasteiger partial charge in [0, 0.05) is 11.3 Å². The molecule has 4 heteroatoms. The van der Waals surface area contributed by atoms with E-state index in [9.17, 15) is 9.90 Å². The summed E-state index contributed by atoms with van der Waals surface area (Å²) in [5, 5.41) is 10.9. The van der Waals surface area contributed by atoms with Gasteiger partial charge in [0.25, 0.3) is 0 Å². The van der Waals surface area contributed by atoms with Crippen molar-refractivity contribution in [3.8, 4) is 11.5 Å². The van der Waals surface area contributed by atoms with Gasteiger partial charge in [0.2, 0.25) is 0 Å². The Kier molecular flexibility index (Phi) is 2.96. The average Bonchev–Trinajstić information content (AvgIpc) is 2.32. The minimum Gasteiger partial charge on any atom is -0.545 e. The molecule has 0 amide bonds. The molecule has 0 spiro atoms. The third-order valence-electron chi connectivity index (χ3n) is 2.19. The molecule has 0 fully saturated rings. The van der Waals surface area contributed by atoms with Crippen molar-refractivity contribution in [2.45, 2.75) is 0 Å².